The number of hydrogen-bond donors (Lipinski definition) is 1. The first kappa shape index (κ1) is 18.4. The zero-order valence-corrected chi connectivity index (χ0v) is 16.0. The first-order valence-corrected chi connectivity index (χ1v) is 9.79. The van der Waals surface area contributed by atoms with Crippen LogP contribution in [-0.4, -0.2) is 41.2 Å². The molecule has 5 heteroatoms. The van der Waals surface area contributed by atoms with Gasteiger partial charge in [0.05, 0.1) is 0 Å². The molecule has 0 radical (unpaired) electrons. The highest BCUT2D eigenvalue weighted by atomic mass is 16.2. The number of hydrogen-bond acceptors (Lipinski definition) is 3. The number of carbonyl (C=O) groups excluding carboxylic acids is 2. The lowest BCUT2D eigenvalue weighted by atomic mass is 10.1. The second kappa shape index (κ2) is 7.98. The molecule has 5 nitrogen and oxygen atoms in total. The number of rotatable bonds is 6. The molecule has 0 bridgehead atoms. The van der Waals surface area contributed by atoms with E-state index >= 15 is 0 Å². The van der Waals surface area contributed by atoms with Crippen LogP contribution < -0.4 is 5.32 Å². The van der Waals surface area contributed by atoms with Crippen LogP contribution in [0.25, 0.3) is 5.70 Å². The van der Waals surface area contributed by atoms with Crippen molar-refractivity contribution in [3.8, 4) is 0 Å². The van der Waals surface area contributed by atoms with Crippen molar-refractivity contribution < 1.29 is 9.59 Å². The third-order valence-corrected chi connectivity index (χ3v) is 5.46. The summed E-state index contributed by atoms with van der Waals surface area (Å²) in [7, 11) is 0. The molecular weight excluding hydrogens is 350 g/mol. The zero-order valence-electron chi connectivity index (χ0n) is 16.0. The maximum atomic E-state index is 12.5. The zero-order chi connectivity index (χ0) is 19.5. The second-order valence-electron chi connectivity index (χ2n) is 7.46. The molecule has 0 saturated carbocycles. The van der Waals surface area contributed by atoms with Gasteiger partial charge >= 0.3 is 0 Å². The molecule has 2 aromatic carbocycles. The molecule has 0 unspecified atom stereocenters. The fourth-order valence-corrected chi connectivity index (χ4v) is 3.86. The molecule has 1 N–H and O–H groups in total. The minimum absolute atomic E-state index is 0.0145. The van der Waals surface area contributed by atoms with E-state index in [1.165, 1.54) is 36.4 Å². The lowest BCUT2D eigenvalue weighted by molar-refractivity contribution is -0.121. The van der Waals surface area contributed by atoms with E-state index < -0.39 is 0 Å². The number of benzene rings is 2. The monoisotopic (exact) mass is 375 g/mol. The molecule has 2 aromatic rings. The topological polar surface area (TPSA) is 52.7 Å². The summed E-state index contributed by atoms with van der Waals surface area (Å²) in [4.78, 5) is 28.7. The Morgan fingerprint density at radius 1 is 0.964 bits per heavy atom. The molecule has 2 aliphatic heterocycles. The molecule has 28 heavy (non-hydrogen) atoms. The van der Waals surface area contributed by atoms with Gasteiger partial charge < -0.3 is 5.32 Å². The van der Waals surface area contributed by atoms with Gasteiger partial charge in [0.2, 0.25) is 5.91 Å². The van der Waals surface area contributed by atoms with Crippen LogP contribution in [0.3, 0.4) is 0 Å². The van der Waals surface area contributed by atoms with Crippen molar-refractivity contribution in [2.45, 2.75) is 25.9 Å². The summed E-state index contributed by atoms with van der Waals surface area (Å²) in [5, 5.41) is 2.90. The minimum atomic E-state index is -0.191. The summed E-state index contributed by atoms with van der Waals surface area (Å²) in [5.74, 6) is -0.356. The van der Waals surface area contributed by atoms with E-state index in [0.29, 0.717) is 17.8 Å². The summed E-state index contributed by atoms with van der Waals surface area (Å²) in [6.45, 7) is 7.76. The summed E-state index contributed by atoms with van der Waals surface area (Å²) in [6.07, 6.45) is 2.59. The maximum Gasteiger partial charge on any atom is 0.259 e. The van der Waals surface area contributed by atoms with Gasteiger partial charge in [-0.05, 0) is 43.1 Å². The molecule has 0 spiro atoms. The van der Waals surface area contributed by atoms with E-state index in [2.05, 4.69) is 41.1 Å². The minimum Gasteiger partial charge on any atom is -0.350 e. The first-order valence-electron chi connectivity index (χ1n) is 9.79. The number of nitrogens with one attached hydrogen (secondary N) is 1. The van der Waals surface area contributed by atoms with E-state index in [1.807, 2.05) is 18.2 Å². The largest absolute Gasteiger partial charge is 0.350 e. The van der Waals surface area contributed by atoms with Gasteiger partial charge in [-0.25, -0.2) is 0 Å². The van der Waals surface area contributed by atoms with Crippen LogP contribution in [0.1, 0.15) is 39.9 Å². The van der Waals surface area contributed by atoms with Crippen LogP contribution in [0.2, 0.25) is 0 Å². The SMILES string of the molecule is C=C1c2ccccc2C(=O)N1CC(=O)NCc1ccc(CN2CCCC2)cc1. The Bertz CT molecular complexity index is 863. The smallest absolute Gasteiger partial charge is 0.259 e. The van der Waals surface area contributed by atoms with Gasteiger partial charge in [-0.3, -0.25) is 19.4 Å². The molecule has 2 aliphatic rings. The quantitative estimate of drug-likeness (QED) is 0.844. The predicted molar refractivity (Wildman–Crippen MR) is 109 cm³/mol. The Hall–Kier alpha value is -2.92. The Morgan fingerprint density at radius 3 is 2.29 bits per heavy atom. The van der Waals surface area contributed by atoms with Crippen molar-refractivity contribution in [1.82, 2.24) is 15.1 Å². The number of fused-ring (bicyclic) bond motifs is 1. The van der Waals surface area contributed by atoms with Gasteiger partial charge in [-0.1, -0.05) is 49.0 Å². The van der Waals surface area contributed by atoms with E-state index in [9.17, 15) is 9.59 Å². The van der Waals surface area contributed by atoms with E-state index in [1.54, 1.807) is 6.07 Å². The molecular formula is C23H25N3O2. The molecule has 2 heterocycles. The Morgan fingerprint density at radius 2 is 1.61 bits per heavy atom. The predicted octanol–water partition coefficient (Wildman–Crippen LogP) is 3.03. The maximum absolute atomic E-state index is 12.5. The molecule has 4 rings (SSSR count). The molecule has 1 saturated heterocycles. The lowest BCUT2D eigenvalue weighted by Gasteiger charge is -2.17. The normalized spacial score (nSPS) is 16.5. The third kappa shape index (κ3) is 3.85. The van der Waals surface area contributed by atoms with Gasteiger partial charge in [-0.15, -0.1) is 0 Å². The number of carbonyl (C=O) groups is 2. The Balaban J connectivity index is 1.29. The highest BCUT2D eigenvalue weighted by Gasteiger charge is 2.31. The van der Waals surface area contributed by atoms with Crippen molar-refractivity contribution in [2.75, 3.05) is 19.6 Å². The highest BCUT2D eigenvalue weighted by molar-refractivity contribution is 6.10. The van der Waals surface area contributed by atoms with Crippen LogP contribution in [0, 0.1) is 0 Å². The molecule has 0 atom stereocenters. The van der Waals surface area contributed by atoms with Gasteiger partial charge in [0.25, 0.3) is 5.91 Å². The van der Waals surface area contributed by atoms with Crippen molar-refractivity contribution in [3.05, 3.63) is 77.4 Å². The summed E-state index contributed by atoms with van der Waals surface area (Å²) in [5.41, 5.74) is 4.34. The van der Waals surface area contributed by atoms with E-state index in [-0.39, 0.29) is 18.4 Å². The molecule has 2 amide bonds. The van der Waals surface area contributed by atoms with Crippen molar-refractivity contribution in [2.24, 2.45) is 0 Å². The molecule has 0 aromatic heterocycles. The Labute approximate surface area is 165 Å². The molecule has 1 fully saturated rings. The van der Waals surface area contributed by atoms with Crippen LogP contribution >= 0.6 is 0 Å². The number of likely N-dealkylation sites (tertiary alicyclic amines) is 1. The fourth-order valence-electron chi connectivity index (χ4n) is 3.86. The van der Waals surface area contributed by atoms with Crippen molar-refractivity contribution >= 4 is 17.5 Å². The van der Waals surface area contributed by atoms with E-state index in [4.69, 9.17) is 0 Å². The van der Waals surface area contributed by atoms with Crippen LogP contribution in [-0.2, 0) is 17.9 Å². The van der Waals surface area contributed by atoms with Crippen LogP contribution in [0.4, 0.5) is 0 Å². The average molecular weight is 375 g/mol. The van der Waals surface area contributed by atoms with Crippen LogP contribution in [0.5, 0.6) is 0 Å². The summed E-state index contributed by atoms with van der Waals surface area (Å²) >= 11 is 0. The van der Waals surface area contributed by atoms with Crippen molar-refractivity contribution in [1.29, 1.82) is 0 Å². The van der Waals surface area contributed by atoms with Gasteiger partial charge in [0.15, 0.2) is 0 Å². The summed E-state index contributed by atoms with van der Waals surface area (Å²) in [6, 6.07) is 15.7. The molecule has 0 aliphatic carbocycles. The first-order chi connectivity index (χ1) is 13.6. The number of nitrogens with zero attached hydrogens (tertiary/aromatic N) is 2. The third-order valence-electron chi connectivity index (χ3n) is 5.46. The van der Waals surface area contributed by atoms with Gasteiger partial charge in [-0.2, -0.15) is 0 Å². The summed E-state index contributed by atoms with van der Waals surface area (Å²) < 4.78 is 0. The lowest BCUT2D eigenvalue weighted by Crippen LogP contribution is -2.36. The standard InChI is InChI=1S/C23H25N3O2/c1-17-20-6-2-3-7-21(20)23(28)26(17)16-22(27)24-14-18-8-10-19(11-9-18)15-25-12-4-5-13-25/h2-3,6-11H,1,4-5,12-16H2,(H,24,27). The second-order valence-corrected chi connectivity index (χ2v) is 7.46. The molecule has 144 valence electrons. The Kier molecular flexibility index (Phi) is 5.26. The van der Waals surface area contributed by atoms with Gasteiger partial charge in [0.1, 0.15) is 6.54 Å². The average Bonchev–Trinajstić information content (AvgIpc) is 3.31. The fraction of sp³-hybridized carbons (Fsp3) is 0.304. The van der Waals surface area contributed by atoms with Gasteiger partial charge in [0, 0.05) is 29.9 Å². The van der Waals surface area contributed by atoms with Crippen molar-refractivity contribution in [3.63, 3.8) is 0 Å². The highest BCUT2D eigenvalue weighted by Crippen LogP contribution is 2.30. The van der Waals surface area contributed by atoms with Crippen LogP contribution in [0.15, 0.2) is 55.1 Å². The van der Waals surface area contributed by atoms with E-state index in [0.717, 1.165) is 17.7 Å². The number of amides is 2.